The summed E-state index contributed by atoms with van der Waals surface area (Å²) in [5, 5.41) is 19.2. The zero-order valence-corrected chi connectivity index (χ0v) is 18.2. The maximum absolute atomic E-state index is 10.3. The number of benzene rings is 1. The Morgan fingerprint density at radius 3 is 1.67 bits per heavy atom. The van der Waals surface area contributed by atoms with Crippen molar-refractivity contribution in [3.63, 3.8) is 0 Å². The van der Waals surface area contributed by atoms with Gasteiger partial charge in [0, 0.05) is 45.3 Å². The second kappa shape index (κ2) is 23.5. The Labute approximate surface area is 187 Å². The fourth-order valence-corrected chi connectivity index (χ4v) is 1.85. The van der Waals surface area contributed by atoms with Gasteiger partial charge in [-0.2, -0.15) is 0 Å². The standard InChI is InChI=1S/C9H11NO3.C6H18N4.HI.Ni.2H2O/c10-8(9(12)13)5-6-1-3-7(11)4-2-6;7-1-4-10(5-2-8)6-3-9;;;;/h1-4,8,11H,5,10H2,(H,12,13);1-9H2;1H;;2*1H2/q;;;+2;;/p-2/t8-;;;;;/m0...../s1. The largest absolute Gasteiger partial charge is 2.00 e. The summed E-state index contributed by atoms with van der Waals surface area (Å²) in [6, 6.07) is 5.22. The van der Waals surface area contributed by atoms with Crippen molar-refractivity contribution >= 4 is 5.97 Å². The van der Waals surface area contributed by atoms with Gasteiger partial charge in [-0.05, 0) is 24.1 Å². The SMILES string of the molecule is NCCN(CCN)CCN.N[C@@H](Cc1ccc(O)cc1)C(=O)[O-].O.O.[I-].[Ni+2]. The van der Waals surface area contributed by atoms with E-state index in [2.05, 4.69) is 4.90 Å². The predicted molar refractivity (Wildman–Crippen MR) is 95.6 cm³/mol. The third kappa shape index (κ3) is 20.0. The summed E-state index contributed by atoms with van der Waals surface area (Å²) in [6.45, 7) is 4.73. The Balaban J connectivity index is -0.000000107. The average molecular weight is 548 g/mol. The van der Waals surface area contributed by atoms with Gasteiger partial charge in [0.25, 0.3) is 0 Å². The van der Waals surface area contributed by atoms with Crippen LogP contribution in [0.25, 0.3) is 0 Å². The first-order valence-electron chi connectivity index (χ1n) is 7.51. The summed E-state index contributed by atoms with van der Waals surface area (Å²) < 4.78 is 0. The van der Waals surface area contributed by atoms with Crippen LogP contribution in [-0.4, -0.2) is 72.2 Å². The molecule has 0 unspecified atom stereocenters. The minimum atomic E-state index is -1.27. The van der Waals surface area contributed by atoms with Gasteiger partial charge < -0.3 is 72.9 Å². The van der Waals surface area contributed by atoms with Gasteiger partial charge in [-0.1, -0.05) is 12.1 Å². The average Bonchev–Trinajstić information content (AvgIpc) is 2.51. The van der Waals surface area contributed by atoms with Crippen LogP contribution in [0.5, 0.6) is 5.75 Å². The van der Waals surface area contributed by atoms with Crippen LogP contribution in [0.3, 0.4) is 0 Å². The number of carboxylic acid groups (broad SMARTS) is 1. The van der Waals surface area contributed by atoms with Crippen molar-refractivity contribution in [3.8, 4) is 5.75 Å². The van der Waals surface area contributed by atoms with Gasteiger partial charge in [0.1, 0.15) is 5.75 Å². The molecule has 0 saturated heterocycles. The van der Waals surface area contributed by atoms with E-state index in [1.165, 1.54) is 12.1 Å². The van der Waals surface area contributed by atoms with Crippen molar-refractivity contribution in [3.05, 3.63) is 29.8 Å². The molecular formula is C15H32IN5NiO5. The maximum atomic E-state index is 10.3. The van der Waals surface area contributed by atoms with Crippen molar-refractivity contribution in [1.82, 2.24) is 4.90 Å². The summed E-state index contributed by atoms with van der Waals surface area (Å²) >= 11 is 0. The molecule has 1 aromatic rings. The quantitative estimate of drug-likeness (QED) is 0.147. The molecule has 0 aromatic heterocycles. The molecule has 0 fully saturated rings. The zero-order valence-electron chi connectivity index (χ0n) is 15.1. The van der Waals surface area contributed by atoms with E-state index in [0.717, 1.165) is 25.2 Å². The molecule has 1 rings (SSSR count). The summed E-state index contributed by atoms with van der Waals surface area (Å²) in [7, 11) is 0. The molecule has 0 aliphatic carbocycles. The second-order valence-electron chi connectivity index (χ2n) is 5.00. The molecule has 27 heavy (non-hydrogen) atoms. The number of phenolic OH excluding ortho intramolecular Hbond substituents is 1. The minimum absolute atomic E-state index is 0. The molecule has 12 heteroatoms. The van der Waals surface area contributed by atoms with Gasteiger partial charge in [0.2, 0.25) is 0 Å². The van der Waals surface area contributed by atoms with Crippen molar-refractivity contribution in [1.29, 1.82) is 0 Å². The molecule has 0 spiro atoms. The van der Waals surface area contributed by atoms with E-state index in [4.69, 9.17) is 28.0 Å². The van der Waals surface area contributed by atoms with Gasteiger partial charge in [0.15, 0.2) is 0 Å². The van der Waals surface area contributed by atoms with E-state index in [9.17, 15) is 9.90 Å². The number of carbonyl (C=O) groups excluding carboxylic acids is 1. The number of hydrogen-bond acceptors (Lipinski definition) is 8. The number of nitrogens with zero attached hydrogens (tertiary/aromatic N) is 1. The van der Waals surface area contributed by atoms with Crippen LogP contribution in [0.1, 0.15) is 5.56 Å². The van der Waals surface area contributed by atoms with Crippen molar-refractivity contribution in [2.24, 2.45) is 22.9 Å². The molecule has 0 amide bonds. The summed E-state index contributed by atoms with van der Waals surface area (Å²) in [5.41, 5.74) is 22.1. The molecule has 1 aromatic carbocycles. The fraction of sp³-hybridized carbons (Fsp3) is 0.533. The number of phenols is 1. The van der Waals surface area contributed by atoms with E-state index in [1.807, 2.05) is 0 Å². The van der Waals surface area contributed by atoms with Crippen LogP contribution in [0.15, 0.2) is 24.3 Å². The number of carboxylic acids is 1. The Bertz CT molecular complexity index is 431. The van der Waals surface area contributed by atoms with E-state index < -0.39 is 12.0 Å². The first-order valence-corrected chi connectivity index (χ1v) is 7.51. The van der Waals surface area contributed by atoms with E-state index >= 15 is 0 Å². The number of nitrogens with two attached hydrogens (primary N) is 4. The molecule has 0 radical (unpaired) electrons. The van der Waals surface area contributed by atoms with E-state index in [0.29, 0.717) is 19.6 Å². The molecule has 1 atom stereocenters. The maximum Gasteiger partial charge on any atom is 2.00 e. The monoisotopic (exact) mass is 547 g/mol. The minimum Gasteiger partial charge on any atom is -1.00 e. The fourth-order valence-electron chi connectivity index (χ4n) is 1.85. The summed E-state index contributed by atoms with van der Waals surface area (Å²) in [5.74, 6) is -1.13. The van der Waals surface area contributed by atoms with Gasteiger partial charge in [-0.3, -0.25) is 4.90 Å². The van der Waals surface area contributed by atoms with Crippen LogP contribution >= 0.6 is 0 Å². The van der Waals surface area contributed by atoms with Crippen molar-refractivity contribution < 1.29 is 66.4 Å². The Kier molecular flexibility index (Phi) is 32.4. The first kappa shape index (κ1) is 37.2. The molecule has 164 valence electrons. The van der Waals surface area contributed by atoms with Crippen LogP contribution in [0.4, 0.5) is 0 Å². The van der Waals surface area contributed by atoms with Gasteiger partial charge in [-0.15, -0.1) is 0 Å². The third-order valence-electron chi connectivity index (χ3n) is 3.03. The number of rotatable bonds is 9. The van der Waals surface area contributed by atoms with Crippen LogP contribution in [0, 0.1) is 0 Å². The predicted octanol–water partition coefficient (Wildman–Crippen LogP) is -7.47. The third-order valence-corrected chi connectivity index (χ3v) is 3.03. The number of carbonyl (C=O) groups is 1. The van der Waals surface area contributed by atoms with Gasteiger partial charge >= 0.3 is 16.5 Å². The second-order valence-corrected chi connectivity index (χ2v) is 5.00. The van der Waals surface area contributed by atoms with Crippen LogP contribution in [-0.2, 0) is 27.7 Å². The zero-order chi connectivity index (χ0) is 17.7. The number of aromatic hydroxyl groups is 1. The van der Waals surface area contributed by atoms with Gasteiger partial charge in [-0.25, -0.2) is 0 Å². The van der Waals surface area contributed by atoms with Crippen LogP contribution < -0.4 is 52.0 Å². The number of hydrogen-bond donors (Lipinski definition) is 5. The van der Waals surface area contributed by atoms with Crippen molar-refractivity contribution in [2.45, 2.75) is 12.5 Å². The number of aliphatic carboxylic acids is 1. The van der Waals surface area contributed by atoms with Crippen molar-refractivity contribution in [2.75, 3.05) is 39.3 Å². The van der Waals surface area contributed by atoms with Gasteiger partial charge in [0.05, 0.1) is 5.97 Å². The van der Waals surface area contributed by atoms with E-state index in [1.54, 1.807) is 12.1 Å². The first-order chi connectivity index (χ1) is 10.9. The Morgan fingerprint density at radius 1 is 1.00 bits per heavy atom. The summed E-state index contributed by atoms with van der Waals surface area (Å²) in [4.78, 5) is 12.5. The molecule has 0 bridgehead atoms. The molecule has 10 nitrogen and oxygen atoms in total. The topological polar surface area (TPSA) is 231 Å². The Morgan fingerprint density at radius 2 is 1.37 bits per heavy atom. The molecule has 0 saturated carbocycles. The molecule has 0 aliphatic heterocycles. The molecule has 0 heterocycles. The smallest absolute Gasteiger partial charge is 1.00 e. The number of halogens is 1. The van der Waals surface area contributed by atoms with Crippen LogP contribution in [0.2, 0.25) is 0 Å². The normalized spacial score (nSPS) is 9.96. The molecule has 0 aliphatic rings. The molecular weight excluding hydrogens is 516 g/mol. The Hall–Kier alpha value is -0.566. The summed E-state index contributed by atoms with van der Waals surface area (Å²) in [6.07, 6.45) is 0.211. The van der Waals surface area contributed by atoms with E-state index in [-0.39, 0.29) is 63.6 Å². The molecule has 13 N–H and O–H groups in total.